The zero-order valence-corrected chi connectivity index (χ0v) is 12.0. The van der Waals surface area contributed by atoms with Crippen molar-refractivity contribution in [2.24, 2.45) is 5.92 Å². The van der Waals surface area contributed by atoms with E-state index in [2.05, 4.69) is 19.2 Å². The molecule has 4 nitrogen and oxygen atoms in total. The summed E-state index contributed by atoms with van der Waals surface area (Å²) in [7, 11) is 0. The molecule has 0 bridgehead atoms. The maximum absolute atomic E-state index is 11.8. The first-order valence-corrected chi connectivity index (χ1v) is 6.76. The van der Waals surface area contributed by atoms with Crippen molar-refractivity contribution in [1.82, 2.24) is 5.32 Å². The number of carbonyl (C=O) groups is 1. The van der Waals surface area contributed by atoms with Crippen LogP contribution in [-0.4, -0.2) is 25.2 Å². The highest BCUT2D eigenvalue weighted by molar-refractivity contribution is 5.89. The second-order valence-electron chi connectivity index (χ2n) is 5.22. The van der Waals surface area contributed by atoms with E-state index in [1.165, 1.54) is 0 Å². The molecule has 0 aliphatic carbocycles. The van der Waals surface area contributed by atoms with Crippen molar-refractivity contribution in [2.45, 2.75) is 33.3 Å². The summed E-state index contributed by atoms with van der Waals surface area (Å²) < 4.78 is 5.34. The molecule has 0 saturated carbocycles. The SMILES string of the molecule is CC(C)CCNCC(C)OC(=O)c1ccc(N)cc1. The maximum Gasteiger partial charge on any atom is 0.338 e. The standard InChI is InChI=1S/C15H24N2O2/c1-11(2)8-9-17-10-12(3)19-15(18)13-4-6-14(16)7-5-13/h4-7,11-12,17H,8-10,16H2,1-3H3. The van der Waals surface area contributed by atoms with Crippen molar-refractivity contribution in [3.8, 4) is 0 Å². The lowest BCUT2D eigenvalue weighted by Gasteiger charge is -2.14. The Hall–Kier alpha value is -1.55. The van der Waals surface area contributed by atoms with E-state index in [1.807, 2.05) is 6.92 Å². The van der Waals surface area contributed by atoms with E-state index < -0.39 is 0 Å². The highest BCUT2D eigenvalue weighted by Crippen LogP contribution is 2.08. The van der Waals surface area contributed by atoms with Gasteiger partial charge in [0.05, 0.1) is 5.56 Å². The molecule has 1 rings (SSSR count). The molecule has 4 heteroatoms. The Kier molecular flexibility index (Phi) is 6.36. The van der Waals surface area contributed by atoms with E-state index in [-0.39, 0.29) is 12.1 Å². The molecule has 1 unspecified atom stereocenters. The Bertz CT molecular complexity index is 388. The molecule has 0 aliphatic rings. The first-order chi connectivity index (χ1) is 8.99. The molecule has 0 heterocycles. The number of carbonyl (C=O) groups excluding carboxylic acids is 1. The van der Waals surface area contributed by atoms with Crippen LogP contribution in [0.15, 0.2) is 24.3 Å². The average molecular weight is 264 g/mol. The predicted molar refractivity (Wildman–Crippen MR) is 78.1 cm³/mol. The second-order valence-corrected chi connectivity index (χ2v) is 5.22. The van der Waals surface area contributed by atoms with Crippen LogP contribution in [0.1, 0.15) is 37.6 Å². The van der Waals surface area contributed by atoms with Crippen LogP contribution < -0.4 is 11.1 Å². The lowest BCUT2D eigenvalue weighted by atomic mass is 10.1. The Balaban J connectivity index is 2.29. The van der Waals surface area contributed by atoms with Crippen LogP contribution >= 0.6 is 0 Å². The van der Waals surface area contributed by atoms with Crippen molar-refractivity contribution in [1.29, 1.82) is 0 Å². The summed E-state index contributed by atoms with van der Waals surface area (Å²) in [6.45, 7) is 7.88. The predicted octanol–water partition coefficient (Wildman–Crippen LogP) is 2.45. The lowest BCUT2D eigenvalue weighted by Crippen LogP contribution is -2.30. The molecule has 1 aromatic carbocycles. The molecular weight excluding hydrogens is 240 g/mol. The van der Waals surface area contributed by atoms with Crippen molar-refractivity contribution < 1.29 is 9.53 Å². The first-order valence-electron chi connectivity index (χ1n) is 6.76. The third-order valence-corrected chi connectivity index (χ3v) is 2.78. The lowest BCUT2D eigenvalue weighted by molar-refractivity contribution is 0.0342. The van der Waals surface area contributed by atoms with Crippen LogP contribution in [0.3, 0.4) is 0 Å². The zero-order valence-electron chi connectivity index (χ0n) is 12.0. The van der Waals surface area contributed by atoms with Crippen LogP contribution in [0.5, 0.6) is 0 Å². The van der Waals surface area contributed by atoms with E-state index >= 15 is 0 Å². The van der Waals surface area contributed by atoms with Crippen molar-refractivity contribution in [2.75, 3.05) is 18.8 Å². The van der Waals surface area contributed by atoms with Gasteiger partial charge in [-0.25, -0.2) is 4.79 Å². The Morgan fingerprint density at radius 2 is 1.89 bits per heavy atom. The monoisotopic (exact) mass is 264 g/mol. The molecule has 0 fully saturated rings. The number of hydrogen-bond donors (Lipinski definition) is 2. The van der Waals surface area contributed by atoms with Crippen LogP contribution in [0.25, 0.3) is 0 Å². The number of ether oxygens (including phenoxy) is 1. The molecule has 1 atom stereocenters. The topological polar surface area (TPSA) is 64.3 Å². The van der Waals surface area contributed by atoms with Crippen molar-refractivity contribution in [3.63, 3.8) is 0 Å². The average Bonchev–Trinajstić information content (AvgIpc) is 2.35. The molecule has 3 N–H and O–H groups in total. The summed E-state index contributed by atoms with van der Waals surface area (Å²) in [5, 5.41) is 3.29. The Morgan fingerprint density at radius 3 is 2.47 bits per heavy atom. The van der Waals surface area contributed by atoms with Gasteiger partial charge in [0.2, 0.25) is 0 Å². The smallest absolute Gasteiger partial charge is 0.338 e. The van der Waals surface area contributed by atoms with Gasteiger partial charge in [0, 0.05) is 12.2 Å². The van der Waals surface area contributed by atoms with E-state index in [9.17, 15) is 4.79 Å². The number of nitrogen functional groups attached to an aromatic ring is 1. The van der Waals surface area contributed by atoms with E-state index in [0.717, 1.165) is 13.0 Å². The van der Waals surface area contributed by atoms with E-state index in [4.69, 9.17) is 10.5 Å². The maximum atomic E-state index is 11.8. The van der Waals surface area contributed by atoms with Gasteiger partial charge < -0.3 is 15.8 Å². The van der Waals surface area contributed by atoms with Crippen LogP contribution in [-0.2, 0) is 4.74 Å². The molecule has 0 amide bonds. The number of anilines is 1. The Labute approximate surface area is 115 Å². The second kappa shape index (κ2) is 7.79. The van der Waals surface area contributed by atoms with Crippen molar-refractivity contribution >= 4 is 11.7 Å². The zero-order chi connectivity index (χ0) is 14.3. The van der Waals surface area contributed by atoms with Crippen LogP contribution in [0.4, 0.5) is 5.69 Å². The van der Waals surface area contributed by atoms with Gasteiger partial charge in [0.1, 0.15) is 6.10 Å². The molecule has 106 valence electrons. The van der Waals surface area contributed by atoms with E-state index in [0.29, 0.717) is 23.7 Å². The fourth-order valence-electron chi connectivity index (χ4n) is 1.61. The van der Waals surface area contributed by atoms with Gasteiger partial charge in [-0.15, -0.1) is 0 Å². The van der Waals surface area contributed by atoms with Crippen molar-refractivity contribution in [3.05, 3.63) is 29.8 Å². The van der Waals surface area contributed by atoms with Crippen LogP contribution in [0, 0.1) is 5.92 Å². The van der Waals surface area contributed by atoms with Gasteiger partial charge >= 0.3 is 5.97 Å². The molecule has 0 aromatic heterocycles. The number of esters is 1. The number of nitrogens with one attached hydrogen (secondary N) is 1. The largest absolute Gasteiger partial charge is 0.458 e. The number of benzene rings is 1. The molecule has 19 heavy (non-hydrogen) atoms. The summed E-state index contributed by atoms with van der Waals surface area (Å²) in [5.74, 6) is 0.373. The fraction of sp³-hybridized carbons (Fsp3) is 0.533. The molecule has 0 spiro atoms. The Morgan fingerprint density at radius 1 is 1.26 bits per heavy atom. The number of hydrogen-bond acceptors (Lipinski definition) is 4. The quantitative estimate of drug-likeness (QED) is 0.451. The molecular formula is C15H24N2O2. The minimum Gasteiger partial charge on any atom is -0.458 e. The number of nitrogens with two attached hydrogens (primary N) is 1. The molecule has 1 aromatic rings. The van der Waals surface area contributed by atoms with Gasteiger partial charge in [-0.05, 0) is 50.1 Å². The summed E-state index contributed by atoms with van der Waals surface area (Å²) in [5.41, 5.74) is 6.74. The van der Waals surface area contributed by atoms with Gasteiger partial charge in [0.25, 0.3) is 0 Å². The van der Waals surface area contributed by atoms with Gasteiger partial charge in [-0.1, -0.05) is 13.8 Å². The normalized spacial score (nSPS) is 12.4. The first kappa shape index (κ1) is 15.5. The third-order valence-electron chi connectivity index (χ3n) is 2.78. The summed E-state index contributed by atoms with van der Waals surface area (Å²) in [4.78, 5) is 11.8. The fourth-order valence-corrected chi connectivity index (χ4v) is 1.61. The van der Waals surface area contributed by atoms with Gasteiger partial charge in [0.15, 0.2) is 0 Å². The van der Waals surface area contributed by atoms with Crippen LogP contribution in [0.2, 0.25) is 0 Å². The summed E-state index contributed by atoms with van der Waals surface area (Å²) in [6, 6.07) is 6.75. The molecule has 0 saturated heterocycles. The molecule has 0 aliphatic heterocycles. The molecule has 0 radical (unpaired) electrons. The number of rotatable bonds is 7. The van der Waals surface area contributed by atoms with E-state index in [1.54, 1.807) is 24.3 Å². The highest BCUT2D eigenvalue weighted by atomic mass is 16.5. The third kappa shape index (κ3) is 6.25. The minimum atomic E-state index is -0.307. The summed E-state index contributed by atoms with van der Waals surface area (Å²) in [6.07, 6.45) is 0.982. The minimum absolute atomic E-state index is 0.141. The van der Waals surface area contributed by atoms with Gasteiger partial charge in [-0.3, -0.25) is 0 Å². The summed E-state index contributed by atoms with van der Waals surface area (Å²) >= 11 is 0. The highest BCUT2D eigenvalue weighted by Gasteiger charge is 2.11. The van der Waals surface area contributed by atoms with Gasteiger partial charge in [-0.2, -0.15) is 0 Å².